The Morgan fingerprint density at radius 1 is 1.21 bits per heavy atom. The second-order valence-corrected chi connectivity index (χ2v) is 5.51. The van der Waals surface area contributed by atoms with Crippen molar-refractivity contribution in [3.05, 3.63) is 62.1 Å². The SMILES string of the molecule is COc1cc([N+](=O)[O-])ccc1NC(=O)NCc1ccc(Cl)c(Cl)c1. The molecule has 0 radical (unpaired) electrons. The topological polar surface area (TPSA) is 93.5 Å². The highest BCUT2D eigenvalue weighted by Gasteiger charge is 2.13. The maximum absolute atomic E-state index is 12.0. The molecule has 0 atom stereocenters. The number of non-ortho nitro benzene ring substituents is 1. The molecule has 0 spiro atoms. The summed E-state index contributed by atoms with van der Waals surface area (Å²) < 4.78 is 5.05. The summed E-state index contributed by atoms with van der Waals surface area (Å²) >= 11 is 11.7. The molecule has 0 bridgehead atoms. The van der Waals surface area contributed by atoms with Crippen LogP contribution >= 0.6 is 23.2 Å². The highest BCUT2D eigenvalue weighted by Crippen LogP contribution is 2.29. The van der Waals surface area contributed by atoms with E-state index in [0.717, 1.165) is 5.56 Å². The number of urea groups is 1. The van der Waals surface area contributed by atoms with E-state index >= 15 is 0 Å². The van der Waals surface area contributed by atoms with E-state index in [-0.39, 0.29) is 18.0 Å². The van der Waals surface area contributed by atoms with Crippen molar-refractivity contribution < 1.29 is 14.5 Å². The molecule has 2 rings (SSSR count). The van der Waals surface area contributed by atoms with E-state index in [0.29, 0.717) is 15.7 Å². The first-order valence-electron chi connectivity index (χ1n) is 6.72. The molecule has 0 aliphatic rings. The van der Waals surface area contributed by atoms with Crippen molar-refractivity contribution in [1.82, 2.24) is 5.32 Å². The highest BCUT2D eigenvalue weighted by atomic mass is 35.5. The summed E-state index contributed by atoms with van der Waals surface area (Å²) in [7, 11) is 1.36. The van der Waals surface area contributed by atoms with Gasteiger partial charge in [-0.15, -0.1) is 0 Å². The van der Waals surface area contributed by atoms with E-state index in [4.69, 9.17) is 27.9 Å². The first-order chi connectivity index (χ1) is 11.4. The summed E-state index contributed by atoms with van der Waals surface area (Å²) in [5, 5.41) is 16.8. The number of benzene rings is 2. The summed E-state index contributed by atoms with van der Waals surface area (Å²) in [4.78, 5) is 22.2. The predicted molar refractivity (Wildman–Crippen MR) is 92.0 cm³/mol. The molecule has 0 aliphatic carbocycles. The first kappa shape index (κ1) is 17.8. The summed E-state index contributed by atoms with van der Waals surface area (Å²) in [5.41, 5.74) is 0.957. The molecule has 9 heteroatoms. The van der Waals surface area contributed by atoms with Crippen LogP contribution in [-0.4, -0.2) is 18.1 Å². The van der Waals surface area contributed by atoms with Crippen LogP contribution in [0.1, 0.15) is 5.56 Å². The van der Waals surface area contributed by atoms with Crippen molar-refractivity contribution in [2.75, 3.05) is 12.4 Å². The molecule has 0 aliphatic heterocycles. The number of halogens is 2. The highest BCUT2D eigenvalue weighted by molar-refractivity contribution is 6.42. The normalized spacial score (nSPS) is 10.1. The predicted octanol–water partition coefficient (Wildman–Crippen LogP) is 4.23. The van der Waals surface area contributed by atoms with Crippen molar-refractivity contribution in [2.24, 2.45) is 0 Å². The van der Waals surface area contributed by atoms with Crippen molar-refractivity contribution in [3.63, 3.8) is 0 Å². The minimum absolute atomic E-state index is 0.131. The maximum atomic E-state index is 12.0. The number of nitrogens with zero attached hydrogens (tertiary/aromatic N) is 1. The van der Waals surface area contributed by atoms with Crippen LogP contribution in [0.5, 0.6) is 5.75 Å². The number of methoxy groups -OCH3 is 1. The molecule has 2 amide bonds. The fraction of sp³-hybridized carbons (Fsp3) is 0.133. The number of carbonyl (C=O) groups is 1. The number of anilines is 1. The lowest BCUT2D eigenvalue weighted by Gasteiger charge is -2.11. The lowest BCUT2D eigenvalue weighted by molar-refractivity contribution is -0.384. The molecule has 24 heavy (non-hydrogen) atoms. The molecular weight excluding hydrogens is 357 g/mol. The zero-order chi connectivity index (χ0) is 17.7. The first-order valence-corrected chi connectivity index (χ1v) is 7.47. The van der Waals surface area contributed by atoms with Gasteiger partial charge in [-0.05, 0) is 23.8 Å². The van der Waals surface area contributed by atoms with Crippen LogP contribution in [0.4, 0.5) is 16.2 Å². The Morgan fingerprint density at radius 2 is 1.96 bits per heavy atom. The van der Waals surface area contributed by atoms with E-state index in [2.05, 4.69) is 10.6 Å². The number of nitro groups is 1. The largest absolute Gasteiger partial charge is 0.494 e. The van der Waals surface area contributed by atoms with E-state index in [1.54, 1.807) is 18.2 Å². The van der Waals surface area contributed by atoms with Gasteiger partial charge in [-0.1, -0.05) is 29.3 Å². The summed E-state index contributed by atoms with van der Waals surface area (Å²) in [6.45, 7) is 0.234. The average molecular weight is 370 g/mol. The molecule has 126 valence electrons. The summed E-state index contributed by atoms with van der Waals surface area (Å²) in [6, 6.07) is 8.44. The Labute approximate surface area is 147 Å². The fourth-order valence-electron chi connectivity index (χ4n) is 1.90. The van der Waals surface area contributed by atoms with Crippen molar-refractivity contribution in [3.8, 4) is 5.75 Å². The molecular formula is C15H13Cl2N3O4. The van der Waals surface area contributed by atoms with Gasteiger partial charge in [0.2, 0.25) is 0 Å². The van der Waals surface area contributed by atoms with Gasteiger partial charge in [-0.25, -0.2) is 4.79 Å². The van der Waals surface area contributed by atoms with Crippen molar-refractivity contribution >= 4 is 40.6 Å². The third-order valence-corrected chi connectivity index (χ3v) is 3.82. The van der Waals surface area contributed by atoms with Crippen LogP contribution < -0.4 is 15.4 Å². The Bertz CT molecular complexity index is 783. The van der Waals surface area contributed by atoms with E-state index in [1.165, 1.54) is 25.3 Å². The van der Waals surface area contributed by atoms with Crippen molar-refractivity contribution in [2.45, 2.75) is 6.54 Å². The molecule has 0 saturated heterocycles. The van der Waals surface area contributed by atoms with Gasteiger partial charge < -0.3 is 15.4 Å². The van der Waals surface area contributed by atoms with E-state index in [1.807, 2.05) is 0 Å². The van der Waals surface area contributed by atoms with E-state index < -0.39 is 11.0 Å². The average Bonchev–Trinajstić information content (AvgIpc) is 2.56. The number of rotatable bonds is 5. The molecule has 0 aromatic heterocycles. The summed E-state index contributed by atoms with van der Waals surface area (Å²) in [6.07, 6.45) is 0. The second-order valence-electron chi connectivity index (χ2n) is 4.70. The van der Waals surface area contributed by atoms with Crippen LogP contribution in [0.2, 0.25) is 10.0 Å². The van der Waals surface area contributed by atoms with Gasteiger partial charge in [0.25, 0.3) is 5.69 Å². The van der Waals surface area contributed by atoms with Crippen LogP contribution in [0.25, 0.3) is 0 Å². The number of carbonyl (C=O) groups excluding carboxylic acids is 1. The van der Waals surface area contributed by atoms with Crippen LogP contribution in [0.3, 0.4) is 0 Å². The van der Waals surface area contributed by atoms with Gasteiger partial charge in [0.15, 0.2) is 0 Å². The number of ether oxygens (including phenoxy) is 1. The fourth-order valence-corrected chi connectivity index (χ4v) is 2.22. The molecule has 0 unspecified atom stereocenters. The van der Waals surface area contributed by atoms with Crippen LogP contribution in [-0.2, 0) is 6.54 Å². The van der Waals surface area contributed by atoms with Crippen LogP contribution in [0, 0.1) is 10.1 Å². The van der Waals surface area contributed by atoms with Gasteiger partial charge in [0.05, 0.1) is 33.8 Å². The molecule has 2 aromatic rings. The zero-order valence-electron chi connectivity index (χ0n) is 12.5. The molecule has 0 saturated carbocycles. The van der Waals surface area contributed by atoms with Crippen LogP contribution in [0.15, 0.2) is 36.4 Å². The lowest BCUT2D eigenvalue weighted by atomic mass is 10.2. The number of amides is 2. The Kier molecular flexibility index (Phi) is 5.83. The third kappa shape index (κ3) is 4.50. The van der Waals surface area contributed by atoms with Gasteiger partial charge in [-0.3, -0.25) is 10.1 Å². The second kappa shape index (κ2) is 7.85. The third-order valence-electron chi connectivity index (χ3n) is 3.08. The van der Waals surface area contributed by atoms with E-state index in [9.17, 15) is 14.9 Å². The smallest absolute Gasteiger partial charge is 0.319 e. The number of nitrogens with one attached hydrogen (secondary N) is 2. The van der Waals surface area contributed by atoms with Crippen molar-refractivity contribution in [1.29, 1.82) is 0 Å². The summed E-state index contributed by atoms with van der Waals surface area (Å²) in [5.74, 6) is 0.189. The van der Waals surface area contributed by atoms with Gasteiger partial charge in [0, 0.05) is 12.6 Å². The standard InChI is InChI=1S/C15H13Cl2N3O4/c1-24-14-7-10(20(22)23)3-5-13(14)19-15(21)18-8-9-2-4-11(16)12(17)6-9/h2-7H,8H2,1H3,(H2,18,19,21). The molecule has 0 heterocycles. The van der Waals surface area contributed by atoms with Gasteiger partial charge in [-0.2, -0.15) is 0 Å². The monoisotopic (exact) mass is 369 g/mol. The van der Waals surface area contributed by atoms with Gasteiger partial charge in [0.1, 0.15) is 5.75 Å². The molecule has 2 N–H and O–H groups in total. The van der Waals surface area contributed by atoms with Gasteiger partial charge >= 0.3 is 6.03 Å². The minimum atomic E-state index is -0.545. The number of hydrogen-bond acceptors (Lipinski definition) is 4. The number of nitro benzene ring substituents is 1. The Morgan fingerprint density at radius 3 is 2.58 bits per heavy atom. The molecule has 0 fully saturated rings. The molecule has 7 nitrogen and oxygen atoms in total. The quantitative estimate of drug-likeness (QED) is 0.608. The minimum Gasteiger partial charge on any atom is -0.494 e. The zero-order valence-corrected chi connectivity index (χ0v) is 14.0. The maximum Gasteiger partial charge on any atom is 0.319 e. The lowest BCUT2D eigenvalue weighted by Crippen LogP contribution is -2.28. The Hall–Kier alpha value is -2.51. The Balaban J connectivity index is 2.01. The molecule has 2 aromatic carbocycles. The number of hydrogen-bond donors (Lipinski definition) is 2.